The maximum atomic E-state index is 12.8. The van der Waals surface area contributed by atoms with Crippen LogP contribution >= 0.6 is 0 Å². The molecule has 0 amide bonds. The zero-order valence-corrected chi connectivity index (χ0v) is 10.6. The molecule has 0 unspecified atom stereocenters. The van der Waals surface area contributed by atoms with Crippen LogP contribution in [0.2, 0.25) is 0 Å². The summed E-state index contributed by atoms with van der Waals surface area (Å²) in [5.41, 5.74) is 0.454. The van der Waals surface area contributed by atoms with Crippen LogP contribution in [0.3, 0.4) is 0 Å². The lowest BCUT2D eigenvalue weighted by Gasteiger charge is -2.35. The molecule has 1 aliphatic heterocycles. The molecule has 2 rings (SSSR count). The molecule has 5 nitrogen and oxygen atoms in total. The summed E-state index contributed by atoms with van der Waals surface area (Å²) in [7, 11) is 0. The molecule has 0 saturated carbocycles. The number of halogens is 1. The number of nitrogens with one attached hydrogen (secondary N) is 1. The molecule has 1 aliphatic rings. The summed E-state index contributed by atoms with van der Waals surface area (Å²) in [5.74, 6) is -1.28. The summed E-state index contributed by atoms with van der Waals surface area (Å²) in [5, 5.41) is 32.1. The van der Waals surface area contributed by atoms with Crippen molar-refractivity contribution in [2.24, 2.45) is 0 Å². The van der Waals surface area contributed by atoms with E-state index in [0.717, 1.165) is 26.2 Å². The van der Waals surface area contributed by atoms with Gasteiger partial charge in [-0.1, -0.05) is 0 Å². The van der Waals surface area contributed by atoms with E-state index in [2.05, 4.69) is 10.2 Å². The average Bonchev–Trinajstić information content (AvgIpc) is 2.44. The van der Waals surface area contributed by atoms with Gasteiger partial charge in [0.05, 0.1) is 6.67 Å². The summed E-state index contributed by atoms with van der Waals surface area (Å²) in [6, 6.07) is 2.56. The van der Waals surface area contributed by atoms with Crippen LogP contribution in [0.4, 0.5) is 4.39 Å². The van der Waals surface area contributed by atoms with E-state index >= 15 is 0 Å². The highest BCUT2D eigenvalue weighted by molar-refractivity contribution is 5.54. The molecule has 1 aromatic rings. The molecular weight excluding hydrogens is 251 g/mol. The van der Waals surface area contributed by atoms with Crippen LogP contribution in [0.25, 0.3) is 0 Å². The van der Waals surface area contributed by atoms with Crippen molar-refractivity contribution in [1.29, 1.82) is 0 Å². The van der Waals surface area contributed by atoms with Crippen molar-refractivity contribution in [3.05, 3.63) is 17.7 Å². The standard InChI is InChI=1S/C13H19FN2O3/c14-4-3-10(16-7-5-15-6-8-16)9-1-2-11(17)13(19)12(9)18/h1-2,10,15,17-19H,3-8H2/t10-/m0/s1. The van der Waals surface area contributed by atoms with Gasteiger partial charge in [-0.2, -0.15) is 0 Å². The lowest BCUT2D eigenvalue weighted by atomic mass is 9.99. The SMILES string of the molecule is Oc1ccc([C@H](CCF)N2CCNCC2)c(O)c1O. The maximum Gasteiger partial charge on any atom is 0.200 e. The van der Waals surface area contributed by atoms with E-state index in [-0.39, 0.29) is 24.0 Å². The molecule has 106 valence electrons. The van der Waals surface area contributed by atoms with Crippen molar-refractivity contribution in [3.63, 3.8) is 0 Å². The van der Waals surface area contributed by atoms with Gasteiger partial charge in [0.2, 0.25) is 5.75 Å². The van der Waals surface area contributed by atoms with E-state index in [1.54, 1.807) is 0 Å². The van der Waals surface area contributed by atoms with Gasteiger partial charge >= 0.3 is 0 Å². The molecule has 1 saturated heterocycles. The predicted molar refractivity (Wildman–Crippen MR) is 69.2 cm³/mol. The Hall–Kier alpha value is -1.53. The Labute approximate surface area is 111 Å². The Kier molecular flexibility index (Phi) is 4.44. The molecule has 1 atom stereocenters. The fraction of sp³-hybridized carbons (Fsp3) is 0.538. The minimum Gasteiger partial charge on any atom is -0.504 e. The number of phenolic OH excluding ortho intramolecular Hbond substituents is 3. The van der Waals surface area contributed by atoms with E-state index < -0.39 is 12.4 Å². The van der Waals surface area contributed by atoms with Crippen LogP contribution in [0, 0.1) is 0 Å². The largest absolute Gasteiger partial charge is 0.504 e. The van der Waals surface area contributed by atoms with Gasteiger partial charge in [0.1, 0.15) is 0 Å². The lowest BCUT2D eigenvalue weighted by Crippen LogP contribution is -2.45. The van der Waals surface area contributed by atoms with Crippen LogP contribution in [-0.4, -0.2) is 53.1 Å². The van der Waals surface area contributed by atoms with Crippen molar-refractivity contribution >= 4 is 0 Å². The molecular formula is C13H19FN2O3. The van der Waals surface area contributed by atoms with Crippen LogP contribution in [0.1, 0.15) is 18.0 Å². The van der Waals surface area contributed by atoms with Crippen LogP contribution in [-0.2, 0) is 0 Å². The summed E-state index contributed by atoms with van der Waals surface area (Å²) < 4.78 is 12.8. The van der Waals surface area contributed by atoms with Gasteiger partial charge in [-0.3, -0.25) is 9.29 Å². The fourth-order valence-electron chi connectivity index (χ4n) is 2.49. The van der Waals surface area contributed by atoms with Crippen molar-refractivity contribution < 1.29 is 19.7 Å². The predicted octanol–water partition coefficient (Wildman–Crippen LogP) is 1.11. The summed E-state index contributed by atoms with van der Waals surface area (Å²) in [6.45, 7) is 2.63. The highest BCUT2D eigenvalue weighted by atomic mass is 19.1. The van der Waals surface area contributed by atoms with Crippen LogP contribution in [0.15, 0.2) is 12.1 Å². The lowest BCUT2D eigenvalue weighted by molar-refractivity contribution is 0.154. The van der Waals surface area contributed by atoms with Crippen molar-refractivity contribution in [2.45, 2.75) is 12.5 Å². The monoisotopic (exact) mass is 270 g/mol. The molecule has 0 radical (unpaired) electrons. The third-order valence-corrected chi connectivity index (χ3v) is 3.50. The van der Waals surface area contributed by atoms with Gasteiger partial charge < -0.3 is 20.6 Å². The zero-order valence-electron chi connectivity index (χ0n) is 10.6. The molecule has 1 aromatic carbocycles. The number of aromatic hydroxyl groups is 3. The maximum absolute atomic E-state index is 12.8. The van der Waals surface area contributed by atoms with Gasteiger partial charge in [0.15, 0.2) is 11.5 Å². The molecule has 0 aromatic heterocycles. The number of alkyl halides is 1. The minimum absolute atomic E-state index is 0.248. The second-order valence-electron chi connectivity index (χ2n) is 4.65. The Morgan fingerprint density at radius 3 is 2.47 bits per heavy atom. The first kappa shape index (κ1) is 13.9. The average molecular weight is 270 g/mol. The van der Waals surface area contributed by atoms with E-state index in [0.29, 0.717) is 5.56 Å². The minimum atomic E-state index is -0.545. The molecule has 19 heavy (non-hydrogen) atoms. The summed E-state index contributed by atoms with van der Waals surface area (Å²) >= 11 is 0. The summed E-state index contributed by atoms with van der Waals surface area (Å²) in [6.07, 6.45) is 0.248. The first-order chi connectivity index (χ1) is 9.15. The highest BCUT2D eigenvalue weighted by Crippen LogP contribution is 2.42. The topological polar surface area (TPSA) is 76.0 Å². The number of benzene rings is 1. The molecule has 6 heteroatoms. The van der Waals surface area contributed by atoms with Gasteiger partial charge in [-0.05, 0) is 18.6 Å². The van der Waals surface area contributed by atoms with Crippen molar-refractivity contribution in [2.75, 3.05) is 32.9 Å². The number of phenols is 3. The smallest absolute Gasteiger partial charge is 0.200 e. The number of hydrogen-bond acceptors (Lipinski definition) is 5. The summed E-state index contributed by atoms with van der Waals surface area (Å²) in [4.78, 5) is 2.07. The number of piperazine rings is 1. The normalized spacial score (nSPS) is 18.4. The van der Waals surface area contributed by atoms with E-state index in [4.69, 9.17) is 0 Å². The quantitative estimate of drug-likeness (QED) is 0.617. The van der Waals surface area contributed by atoms with Gasteiger partial charge in [-0.15, -0.1) is 0 Å². The second-order valence-corrected chi connectivity index (χ2v) is 4.65. The van der Waals surface area contributed by atoms with E-state index in [1.807, 2.05) is 0 Å². The number of nitrogens with zero attached hydrogens (tertiary/aromatic N) is 1. The first-order valence-electron chi connectivity index (χ1n) is 6.39. The third-order valence-electron chi connectivity index (χ3n) is 3.50. The van der Waals surface area contributed by atoms with Gasteiger partial charge in [0, 0.05) is 37.8 Å². The molecule has 1 fully saturated rings. The Morgan fingerprint density at radius 1 is 1.16 bits per heavy atom. The Bertz CT molecular complexity index is 436. The second kappa shape index (κ2) is 6.08. The van der Waals surface area contributed by atoms with E-state index in [9.17, 15) is 19.7 Å². The third kappa shape index (κ3) is 2.90. The van der Waals surface area contributed by atoms with Crippen LogP contribution in [0.5, 0.6) is 17.2 Å². The van der Waals surface area contributed by atoms with Gasteiger partial charge in [0.25, 0.3) is 0 Å². The Balaban J connectivity index is 2.30. The van der Waals surface area contributed by atoms with Crippen LogP contribution < -0.4 is 5.32 Å². The molecule has 1 heterocycles. The zero-order chi connectivity index (χ0) is 13.8. The Morgan fingerprint density at radius 2 is 1.84 bits per heavy atom. The molecule has 0 bridgehead atoms. The fourth-order valence-corrected chi connectivity index (χ4v) is 2.49. The van der Waals surface area contributed by atoms with Gasteiger partial charge in [-0.25, -0.2) is 0 Å². The molecule has 0 spiro atoms. The molecule has 4 N–H and O–H groups in total. The molecule has 0 aliphatic carbocycles. The van der Waals surface area contributed by atoms with E-state index in [1.165, 1.54) is 12.1 Å². The van der Waals surface area contributed by atoms with Crippen molar-refractivity contribution in [3.8, 4) is 17.2 Å². The number of hydrogen-bond donors (Lipinski definition) is 4. The first-order valence-corrected chi connectivity index (χ1v) is 6.39. The van der Waals surface area contributed by atoms with Crippen molar-refractivity contribution in [1.82, 2.24) is 10.2 Å². The highest BCUT2D eigenvalue weighted by Gasteiger charge is 2.26. The number of rotatable bonds is 4.